The molecule has 5 nitrogen and oxygen atoms in total. The Hall–Kier alpha value is -1.59. The second-order valence-electron chi connectivity index (χ2n) is 4.47. The Bertz CT molecular complexity index is 417. The number of amides is 1. The molecule has 0 aromatic heterocycles. The quantitative estimate of drug-likeness (QED) is 0.805. The van der Waals surface area contributed by atoms with Crippen LogP contribution in [-0.2, 0) is 16.0 Å². The summed E-state index contributed by atoms with van der Waals surface area (Å²) in [6.45, 7) is 2.47. The molecule has 2 N–H and O–H groups in total. The number of morpholine rings is 1. The zero-order valence-electron chi connectivity index (χ0n) is 11.1. The molecule has 1 saturated heterocycles. The first-order valence-corrected chi connectivity index (χ1v) is 6.51. The average molecular weight is 264 g/mol. The summed E-state index contributed by atoms with van der Waals surface area (Å²) in [6, 6.07) is 7.64. The Morgan fingerprint density at radius 1 is 1.58 bits per heavy atom. The highest BCUT2D eigenvalue weighted by molar-refractivity contribution is 5.81. The van der Waals surface area contributed by atoms with Crippen molar-refractivity contribution >= 4 is 5.91 Å². The molecule has 1 amide bonds. The molecule has 1 aromatic carbocycles. The molecule has 0 bridgehead atoms. The third kappa shape index (κ3) is 4.22. The van der Waals surface area contributed by atoms with Gasteiger partial charge < -0.3 is 20.1 Å². The van der Waals surface area contributed by atoms with E-state index in [4.69, 9.17) is 9.47 Å². The van der Waals surface area contributed by atoms with E-state index in [1.165, 1.54) is 0 Å². The van der Waals surface area contributed by atoms with Crippen LogP contribution in [0.3, 0.4) is 0 Å². The van der Waals surface area contributed by atoms with Crippen molar-refractivity contribution in [3.63, 3.8) is 0 Å². The fourth-order valence-electron chi connectivity index (χ4n) is 2.02. The van der Waals surface area contributed by atoms with Gasteiger partial charge in [-0.15, -0.1) is 0 Å². The minimum Gasteiger partial charge on any atom is -0.497 e. The van der Waals surface area contributed by atoms with Crippen LogP contribution < -0.4 is 15.4 Å². The van der Waals surface area contributed by atoms with E-state index >= 15 is 0 Å². The smallest absolute Gasteiger partial charge is 0.239 e. The highest BCUT2D eigenvalue weighted by Crippen LogP contribution is 2.12. The summed E-state index contributed by atoms with van der Waals surface area (Å²) in [5.74, 6) is 0.841. The van der Waals surface area contributed by atoms with E-state index < -0.39 is 0 Å². The molecular formula is C14H20N2O3. The Morgan fingerprint density at radius 3 is 3.21 bits per heavy atom. The van der Waals surface area contributed by atoms with Crippen molar-refractivity contribution in [2.75, 3.05) is 33.4 Å². The predicted molar refractivity (Wildman–Crippen MR) is 72.3 cm³/mol. The Kier molecular flexibility index (Phi) is 5.18. The van der Waals surface area contributed by atoms with Gasteiger partial charge in [0.1, 0.15) is 11.8 Å². The average Bonchev–Trinajstić information content (AvgIpc) is 2.48. The zero-order valence-corrected chi connectivity index (χ0v) is 11.1. The van der Waals surface area contributed by atoms with E-state index in [0.717, 1.165) is 24.3 Å². The standard InChI is InChI=1S/C14H20N2O3/c1-18-12-4-2-3-11(9-12)5-6-16-14(17)13-10-19-8-7-15-13/h2-4,9,13,15H,5-8,10H2,1H3,(H,16,17). The van der Waals surface area contributed by atoms with Crippen molar-refractivity contribution < 1.29 is 14.3 Å². The van der Waals surface area contributed by atoms with Gasteiger partial charge in [-0.2, -0.15) is 0 Å². The maximum Gasteiger partial charge on any atom is 0.239 e. The van der Waals surface area contributed by atoms with E-state index in [2.05, 4.69) is 10.6 Å². The Balaban J connectivity index is 1.74. The van der Waals surface area contributed by atoms with Gasteiger partial charge in [0.05, 0.1) is 20.3 Å². The third-order valence-electron chi connectivity index (χ3n) is 3.09. The summed E-state index contributed by atoms with van der Waals surface area (Å²) < 4.78 is 10.4. The van der Waals surface area contributed by atoms with Crippen molar-refractivity contribution in [2.45, 2.75) is 12.5 Å². The van der Waals surface area contributed by atoms with Crippen LogP contribution in [-0.4, -0.2) is 45.4 Å². The summed E-state index contributed by atoms with van der Waals surface area (Å²) in [6.07, 6.45) is 0.788. The monoisotopic (exact) mass is 264 g/mol. The van der Waals surface area contributed by atoms with Crippen molar-refractivity contribution in [1.82, 2.24) is 10.6 Å². The first-order chi connectivity index (χ1) is 9.29. The molecule has 0 radical (unpaired) electrons. The van der Waals surface area contributed by atoms with Crippen molar-refractivity contribution in [2.24, 2.45) is 0 Å². The van der Waals surface area contributed by atoms with Crippen LogP contribution >= 0.6 is 0 Å². The number of methoxy groups -OCH3 is 1. The third-order valence-corrected chi connectivity index (χ3v) is 3.09. The number of ether oxygens (including phenoxy) is 2. The Morgan fingerprint density at radius 2 is 2.47 bits per heavy atom. The second-order valence-corrected chi connectivity index (χ2v) is 4.47. The molecular weight excluding hydrogens is 244 g/mol. The number of carbonyl (C=O) groups is 1. The van der Waals surface area contributed by atoms with E-state index in [1.54, 1.807) is 7.11 Å². The molecule has 19 heavy (non-hydrogen) atoms. The summed E-state index contributed by atoms with van der Waals surface area (Å²) in [5.41, 5.74) is 1.15. The molecule has 1 aliphatic heterocycles. The van der Waals surface area contributed by atoms with E-state index in [1.807, 2.05) is 24.3 Å². The number of nitrogens with one attached hydrogen (secondary N) is 2. The van der Waals surface area contributed by atoms with Gasteiger partial charge in [-0.3, -0.25) is 4.79 Å². The summed E-state index contributed by atoms with van der Waals surface area (Å²) in [7, 11) is 1.65. The minimum absolute atomic E-state index is 0.00240. The molecule has 104 valence electrons. The van der Waals surface area contributed by atoms with Crippen LogP contribution in [0, 0.1) is 0 Å². The van der Waals surface area contributed by atoms with Crippen LogP contribution in [0.15, 0.2) is 24.3 Å². The minimum atomic E-state index is -0.223. The second kappa shape index (κ2) is 7.11. The molecule has 1 heterocycles. The van der Waals surface area contributed by atoms with Gasteiger partial charge in [-0.05, 0) is 24.1 Å². The van der Waals surface area contributed by atoms with Crippen molar-refractivity contribution in [3.05, 3.63) is 29.8 Å². The van der Waals surface area contributed by atoms with Crippen LogP contribution in [0.1, 0.15) is 5.56 Å². The molecule has 2 rings (SSSR count). The van der Waals surface area contributed by atoms with Crippen molar-refractivity contribution in [3.8, 4) is 5.75 Å². The van der Waals surface area contributed by atoms with E-state index in [0.29, 0.717) is 19.8 Å². The molecule has 1 aliphatic rings. The molecule has 1 unspecified atom stereocenters. The molecule has 0 aliphatic carbocycles. The van der Waals surface area contributed by atoms with Gasteiger partial charge in [0.25, 0.3) is 0 Å². The summed E-state index contributed by atoms with van der Waals surface area (Å²) in [4.78, 5) is 11.8. The zero-order chi connectivity index (χ0) is 13.5. The van der Waals surface area contributed by atoms with Crippen molar-refractivity contribution in [1.29, 1.82) is 0 Å². The molecule has 1 aromatic rings. The van der Waals surface area contributed by atoms with Gasteiger partial charge in [-0.25, -0.2) is 0 Å². The van der Waals surface area contributed by atoms with Crippen LogP contribution in [0.25, 0.3) is 0 Å². The van der Waals surface area contributed by atoms with Crippen LogP contribution in [0.2, 0.25) is 0 Å². The number of hydrogen-bond donors (Lipinski definition) is 2. The van der Waals surface area contributed by atoms with E-state index in [-0.39, 0.29) is 11.9 Å². The Labute approximate surface area is 113 Å². The number of carbonyl (C=O) groups excluding carboxylic acids is 1. The lowest BCUT2D eigenvalue weighted by molar-refractivity contribution is -0.125. The summed E-state index contributed by atoms with van der Waals surface area (Å²) >= 11 is 0. The molecule has 5 heteroatoms. The largest absolute Gasteiger partial charge is 0.497 e. The molecule has 0 spiro atoms. The maximum atomic E-state index is 11.8. The summed E-state index contributed by atoms with van der Waals surface area (Å²) in [5, 5.41) is 6.04. The van der Waals surface area contributed by atoms with Gasteiger partial charge >= 0.3 is 0 Å². The first kappa shape index (κ1) is 13.8. The lowest BCUT2D eigenvalue weighted by atomic mass is 10.1. The molecule has 1 atom stereocenters. The lowest BCUT2D eigenvalue weighted by Crippen LogP contribution is -2.51. The molecule has 1 fully saturated rings. The van der Waals surface area contributed by atoms with Crippen LogP contribution in [0.4, 0.5) is 0 Å². The fraction of sp³-hybridized carbons (Fsp3) is 0.500. The maximum absolute atomic E-state index is 11.8. The van der Waals surface area contributed by atoms with Gasteiger partial charge in [0.15, 0.2) is 0 Å². The topological polar surface area (TPSA) is 59.6 Å². The van der Waals surface area contributed by atoms with Gasteiger partial charge in [0, 0.05) is 13.1 Å². The first-order valence-electron chi connectivity index (χ1n) is 6.51. The fourth-order valence-corrected chi connectivity index (χ4v) is 2.02. The molecule has 0 saturated carbocycles. The SMILES string of the molecule is COc1cccc(CCNC(=O)C2COCCN2)c1. The van der Waals surface area contributed by atoms with Crippen LogP contribution in [0.5, 0.6) is 5.75 Å². The number of rotatable bonds is 5. The predicted octanol–water partition coefficient (Wildman–Crippen LogP) is 0.342. The number of benzene rings is 1. The lowest BCUT2D eigenvalue weighted by Gasteiger charge is -2.22. The van der Waals surface area contributed by atoms with Gasteiger partial charge in [0.2, 0.25) is 5.91 Å². The number of hydrogen-bond acceptors (Lipinski definition) is 4. The van der Waals surface area contributed by atoms with E-state index in [9.17, 15) is 4.79 Å². The highest BCUT2D eigenvalue weighted by Gasteiger charge is 2.20. The highest BCUT2D eigenvalue weighted by atomic mass is 16.5. The van der Waals surface area contributed by atoms with Gasteiger partial charge in [-0.1, -0.05) is 12.1 Å². The normalized spacial score (nSPS) is 18.9.